The van der Waals surface area contributed by atoms with Gasteiger partial charge in [-0.25, -0.2) is 0 Å². The van der Waals surface area contributed by atoms with E-state index in [1.165, 1.54) is 37.7 Å². The Hall–Kier alpha value is -0.670. The van der Waals surface area contributed by atoms with Crippen molar-refractivity contribution in [2.75, 3.05) is 0 Å². The van der Waals surface area contributed by atoms with Crippen LogP contribution in [-0.2, 0) is 4.79 Å². The lowest BCUT2D eigenvalue weighted by atomic mass is 9.46. The predicted molar refractivity (Wildman–Crippen MR) is 130 cm³/mol. The maximum atomic E-state index is 12.1. The molecule has 4 rings (SSSR count). The van der Waals surface area contributed by atoms with Crippen LogP contribution in [0.3, 0.4) is 0 Å². The maximum Gasteiger partial charge on any atom is 0.155 e. The van der Waals surface area contributed by atoms with Crippen LogP contribution in [0, 0.1) is 52.3 Å². The third-order valence-corrected chi connectivity index (χ3v) is 11.3. The summed E-state index contributed by atoms with van der Waals surface area (Å²) < 4.78 is 0. The number of carbonyl (C=O) groups is 1. The van der Waals surface area contributed by atoms with E-state index in [1.807, 2.05) is 6.08 Å². The number of ketones is 1. The molecule has 2 N–H and O–H groups in total. The SMILES string of the molecule is CC[C@@H](C(C)C)[C@H](O)[C@@H](O)C(C)[C@H]1CCC2C3CCC4=CC(=O)CC[C@]4(C)C3CC[C@@]21C. The van der Waals surface area contributed by atoms with Crippen molar-refractivity contribution in [2.24, 2.45) is 52.3 Å². The molecular formula is C29H48O3. The van der Waals surface area contributed by atoms with E-state index in [-0.39, 0.29) is 22.7 Å². The van der Waals surface area contributed by atoms with Gasteiger partial charge in [0.05, 0.1) is 12.2 Å². The monoisotopic (exact) mass is 444 g/mol. The molecule has 10 atom stereocenters. The van der Waals surface area contributed by atoms with Crippen molar-refractivity contribution in [3.63, 3.8) is 0 Å². The summed E-state index contributed by atoms with van der Waals surface area (Å²) in [7, 11) is 0. The van der Waals surface area contributed by atoms with Gasteiger partial charge in [0.25, 0.3) is 0 Å². The summed E-state index contributed by atoms with van der Waals surface area (Å²) in [5, 5.41) is 22.3. The Labute approximate surface area is 196 Å². The molecule has 4 unspecified atom stereocenters. The van der Waals surface area contributed by atoms with Gasteiger partial charge in [0.1, 0.15) is 0 Å². The van der Waals surface area contributed by atoms with Gasteiger partial charge in [-0.1, -0.05) is 53.5 Å². The van der Waals surface area contributed by atoms with Crippen molar-refractivity contribution in [1.29, 1.82) is 0 Å². The molecule has 0 aromatic heterocycles. The third-order valence-electron chi connectivity index (χ3n) is 11.3. The Morgan fingerprint density at radius 3 is 2.34 bits per heavy atom. The number of hydrogen-bond acceptors (Lipinski definition) is 3. The molecule has 0 amide bonds. The van der Waals surface area contributed by atoms with E-state index in [0.29, 0.717) is 23.5 Å². The molecular weight excluding hydrogens is 396 g/mol. The zero-order valence-corrected chi connectivity index (χ0v) is 21.4. The summed E-state index contributed by atoms with van der Waals surface area (Å²) in [6.45, 7) is 13.6. The van der Waals surface area contributed by atoms with Crippen LogP contribution in [0.5, 0.6) is 0 Å². The van der Waals surface area contributed by atoms with E-state index >= 15 is 0 Å². The van der Waals surface area contributed by atoms with Crippen LogP contribution in [-0.4, -0.2) is 28.2 Å². The summed E-state index contributed by atoms with van der Waals surface area (Å²) >= 11 is 0. The van der Waals surface area contributed by atoms with Crippen LogP contribution in [0.2, 0.25) is 0 Å². The Kier molecular flexibility index (Phi) is 6.75. The lowest BCUT2D eigenvalue weighted by Crippen LogP contribution is -2.52. The van der Waals surface area contributed by atoms with Gasteiger partial charge in [0.15, 0.2) is 5.78 Å². The highest BCUT2D eigenvalue weighted by molar-refractivity contribution is 5.91. The summed E-state index contributed by atoms with van der Waals surface area (Å²) in [4.78, 5) is 12.1. The van der Waals surface area contributed by atoms with Crippen molar-refractivity contribution in [3.8, 4) is 0 Å². The molecule has 3 nitrogen and oxygen atoms in total. The van der Waals surface area contributed by atoms with Crippen LogP contribution in [0.4, 0.5) is 0 Å². The van der Waals surface area contributed by atoms with Crippen LogP contribution in [0.15, 0.2) is 11.6 Å². The van der Waals surface area contributed by atoms with Crippen molar-refractivity contribution in [2.45, 2.75) is 112 Å². The number of fused-ring (bicyclic) bond motifs is 5. The van der Waals surface area contributed by atoms with Crippen LogP contribution in [0.1, 0.15) is 99.3 Å². The summed E-state index contributed by atoms with van der Waals surface area (Å²) in [6, 6.07) is 0. The highest BCUT2D eigenvalue weighted by Gasteiger charge is 2.60. The molecule has 0 heterocycles. The molecule has 0 spiro atoms. The Balaban J connectivity index is 1.53. The molecule has 3 saturated carbocycles. The van der Waals surface area contributed by atoms with E-state index in [0.717, 1.165) is 37.5 Å². The molecule has 32 heavy (non-hydrogen) atoms. The molecule has 0 bridgehead atoms. The zero-order valence-electron chi connectivity index (χ0n) is 21.4. The first-order valence-corrected chi connectivity index (χ1v) is 13.6. The zero-order chi connectivity index (χ0) is 23.4. The maximum absolute atomic E-state index is 12.1. The lowest BCUT2D eigenvalue weighted by Gasteiger charge is -2.58. The Bertz CT molecular complexity index is 741. The minimum atomic E-state index is -0.636. The first kappa shape index (κ1) is 24.5. The Morgan fingerprint density at radius 2 is 1.69 bits per heavy atom. The number of carbonyl (C=O) groups excluding carboxylic acids is 1. The van der Waals surface area contributed by atoms with Crippen LogP contribution >= 0.6 is 0 Å². The lowest BCUT2D eigenvalue weighted by molar-refractivity contribution is -0.118. The second-order valence-corrected chi connectivity index (χ2v) is 12.9. The molecule has 3 heteroatoms. The smallest absolute Gasteiger partial charge is 0.155 e. The van der Waals surface area contributed by atoms with Crippen LogP contribution < -0.4 is 0 Å². The number of aliphatic hydroxyl groups excluding tert-OH is 2. The van der Waals surface area contributed by atoms with Gasteiger partial charge in [-0.2, -0.15) is 0 Å². The minimum Gasteiger partial charge on any atom is -0.390 e. The molecule has 0 aliphatic heterocycles. The molecule has 182 valence electrons. The van der Waals surface area contributed by atoms with Gasteiger partial charge in [-0.15, -0.1) is 0 Å². The molecule has 0 radical (unpaired) electrons. The largest absolute Gasteiger partial charge is 0.390 e. The van der Waals surface area contributed by atoms with Crippen LogP contribution in [0.25, 0.3) is 0 Å². The number of rotatable bonds is 6. The quantitative estimate of drug-likeness (QED) is 0.515. The molecule has 0 aromatic rings. The number of aliphatic hydroxyl groups is 2. The third kappa shape index (κ3) is 3.74. The van der Waals surface area contributed by atoms with E-state index < -0.39 is 12.2 Å². The van der Waals surface area contributed by atoms with Gasteiger partial charge in [-0.05, 0) is 103 Å². The van der Waals surface area contributed by atoms with Gasteiger partial charge >= 0.3 is 0 Å². The van der Waals surface area contributed by atoms with E-state index in [9.17, 15) is 15.0 Å². The van der Waals surface area contributed by atoms with Crippen molar-refractivity contribution in [3.05, 3.63) is 11.6 Å². The first-order valence-electron chi connectivity index (χ1n) is 13.6. The molecule has 3 fully saturated rings. The van der Waals surface area contributed by atoms with Crippen molar-refractivity contribution in [1.82, 2.24) is 0 Å². The predicted octanol–water partition coefficient (Wildman–Crippen LogP) is 6.17. The fraction of sp³-hybridized carbons (Fsp3) is 0.897. The van der Waals surface area contributed by atoms with Gasteiger partial charge in [-0.3, -0.25) is 4.79 Å². The highest BCUT2D eigenvalue weighted by Crippen LogP contribution is 2.67. The molecule has 0 saturated heterocycles. The van der Waals surface area contributed by atoms with Gasteiger partial charge in [0, 0.05) is 6.42 Å². The fourth-order valence-electron chi connectivity index (χ4n) is 9.37. The van der Waals surface area contributed by atoms with Gasteiger partial charge < -0.3 is 10.2 Å². The average Bonchev–Trinajstić information content (AvgIpc) is 3.10. The standard InChI is InChI=1S/C29H48O3/c1-7-21(17(2)3)27(32)26(31)18(4)23-10-11-24-22-9-8-19-16-20(30)12-14-28(19,5)25(22)13-15-29(23,24)6/h16-18,21-27,31-32H,7-15H2,1-6H3/t18?,21-,22?,23+,24?,25?,26-,27-,28-,29+/m0/s1. The summed E-state index contributed by atoms with van der Waals surface area (Å²) in [6.07, 6.45) is 10.7. The van der Waals surface area contributed by atoms with E-state index in [2.05, 4.69) is 41.5 Å². The normalized spacial score (nSPS) is 43.0. The number of hydrogen-bond donors (Lipinski definition) is 2. The summed E-state index contributed by atoms with van der Waals surface area (Å²) in [5.41, 5.74) is 1.94. The van der Waals surface area contributed by atoms with E-state index in [4.69, 9.17) is 0 Å². The molecule has 4 aliphatic carbocycles. The highest BCUT2D eigenvalue weighted by atomic mass is 16.3. The molecule has 0 aromatic carbocycles. The second kappa shape index (κ2) is 8.84. The second-order valence-electron chi connectivity index (χ2n) is 12.9. The van der Waals surface area contributed by atoms with Crippen molar-refractivity contribution < 1.29 is 15.0 Å². The summed E-state index contributed by atoms with van der Waals surface area (Å²) in [5.74, 6) is 3.68. The first-order chi connectivity index (χ1) is 15.0. The van der Waals surface area contributed by atoms with Crippen molar-refractivity contribution >= 4 is 5.78 Å². The van der Waals surface area contributed by atoms with E-state index in [1.54, 1.807) is 0 Å². The Morgan fingerprint density at radius 1 is 0.969 bits per heavy atom. The fourth-order valence-corrected chi connectivity index (χ4v) is 9.37. The van der Waals surface area contributed by atoms with Gasteiger partial charge in [0.2, 0.25) is 0 Å². The molecule has 4 aliphatic rings. The average molecular weight is 445 g/mol. The number of allylic oxidation sites excluding steroid dienone is 1. The topological polar surface area (TPSA) is 57.5 Å². The minimum absolute atomic E-state index is 0.131.